The molecular formula is C22H35N3O4. The van der Waals surface area contributed by atoms with Crippen LogP contribution in [0.3, 0.4) is 0 Å². The zero-order valence-electron chi connectivity index (χ0n) is 18.5. The van der Waals surface area contributed by atoms with Crippen molar-refractivity contribution in [3.8, 4) is 5.75 Å². The molecule has 2 amide bonds. The van der Waals surface area contributed by atoms with E-state index >= 15 is 0 Å². The fourth-order valence-electron chi connectivity index (χ4n) is 3.34. The molecule has 0 spiro atoms. The van der Waals surface area contributed by atoms with Gasteiger partial charge in [-0.1, -0.05) is 13.8 Å². The molecular weight excluding hydrogens is 370 g/mol. The van der Waals surface area contributed by atoms with Gasteiger partial charge in [-0.2, -0.15) is 0 Å². The van der Waals surface area contributed by atoms with Crippen molar-refractivity contribution in [1.82, 2.24) is 10.2 Å². The molecule has 7 heteroatoms. The molecule has 1 N–H and O–H groups in total. The van der Waals surface area contributed by atoms with Crippen molar-refractivity contribution in [2.45, 2.75) is 52.7 Å². The molecule has 0 aliphatic carbocycles. The third-order valence-electron chi connectivity index (χ3n) is 4.73. The Balaban J connectivity index is 1.96. The topological polar surface area (TPSA) is 71.1 Å². The zero-order chi connectivity index (χ0) is 21.6. The van der Waals surface area contributed by atoms with Gasteiger partial charge < -0.3 is 24.6 Å². The average molecular weight is 406 g/mol. The van der Waals surface area contributed by atoms with Crippen LogP contribution < -0.4 is 15.0 Å². The van der Waals surface area contributed by atoms with Gasteiger partial charge in [-0.3, -0.25) is 4.79 Å². The number of rotatable bonds is 6. The molecule has 2 rings (SSSR count). The molecule has 29 heavy (non-hydrogen) atoms. The summed E-state index contributed by atoms with van der Waals surface area (Å²) in [6.07, 6.45) is 0.0323. The number of alkyl carbamates (subject to hydrolysis) is 1. The van der Waals surface area contributed by atoms with Gasteiger partial charge >= 0.3 is 6.09 Å². The van der Waals surface area contributed by atoms with Crippen molar-refractivity contribution in [2.24, 2.45) is 5.92 Å². The molecule has 0 saturated carbocycles. The number of hydrogen-bond acceptors (Lipinski definition) is 5. The lowest BCUT2D eigenvalue weighted by Crippen LogP contribution is -2.55. The van der Waals surface area contributed by atoms with Crippen LogP contribution in [-0.2, 0) is 9.53 Å². The summed E-state index contributed by atoms with van der Waals surface area (Å²) < 4.78 is 10.6. The first-order valence-corrected chi connectivity index (χ1v) is 10.3. The molecule has 0 radical (unpaired) electrons. The summed E-state index contributed by atoms with van der Waals surface area (Å²) in [5.74, 6) is 1.06. The number of hydrogen-bond donors (Lipinski definition) is 1. The minimum Gasteiger partial charge on any atom is -0.497 e. The minimum absolute atomic E-state index is 0.0426. The number of carbonyl (C=O) groups excluding carboxylic acids is 2. The van der Waals surface area contributed by atoms with E-state index in [4.69, 9.17) is 9.47 Å². The van der Waals surface area contributed by atoms with Gasteiger partial charge in [-0.25, -0.2) is 4.79 Å². The average Bonchev–Trinajstić information content (AvgIpc) is 2.65. The van der Waals surface area contributed by atoms with Gasteiger partial charge in [0, 0.05) is 31.9 Å². The van der Waals surface area contributed by atoms with Crippen LogP contribution in [0.4, 0.5) is 10.5 Å². The van der Waals surface area contributed by atoms with E-state index in [2.05, 4.69) is 10.2 Å². The Morgan fingerprint density at radius 2 is 1.66 bits per heavy atom. The van der Waals surface area contributed by atoms with Gasteiger partial charge in [0.25, 0.3) is 0 Å². The lowest BCUT2D eigenvalue weighted by atomic mass is 10.0. The molecule has 0 bridgehead atoms. The Bertz CT molecular complexity index is 674. The van der Waals surface area contributed by atoms with E-state index in [1.807, 2.05) is 63.8 Å². The van der Waals surface area contributed by atoms with Gasteiger partial charge in [0.15, 0.2) is 0 Å². The van der Waals surface area contributed by atoms with E-state index in [9.17, 15) is 9.59 Å². The smallest absolute Gasteiger partial charge is 0.408 e. The molecule has 1 aliphatic heterocycles. The molecule has 0 aromatic heterocycles. The second-order valence-corrected chi connectivity index (χ2v) is 8.84. The van der Waals surface area contributed by atoms with Crippen molar-refractivity contribution >= 4 is 17.7 Å². The van der Waals surface area contributed by atoms with E-state index in [0.29, 0.717) is 19.5 Å². The summed E-state index contributed by atoms with van der Waals surface area (Å²) in [6, 6.07) is 7.37. The first-order valence-electron chi connectivity index (χ1n) is 10.3. The molecule has 1 aliphatic rings. The highest BCUT2D eigenvalue weighted by Crippen LogP contribution is 2.21. The number of benzene rings is 1. The normalized spacial score (nSPS) is 15.8. The van der Waals surface area contributed by atoms with Crippen LogP contribution in [-0.4, -0.2) is 61.8 Å². The molecule has 1 atom stereocenters. The number of ether oxygens (including phenoxy) is 2. The fraction of sp³-hybridized carbons (Fsp3) is 0.636. The van der Waals surface area contributed by atoms with Gasteiger partial charge in [0.05, 0.1) is 7.11 Å². The van der Waals surface area contributed by atoms with Crippen LogP contribution in [0.15, 0.2) is 24.3 Å². The van der Waals surface area contributed by atoms with Crippen LogP contribution in [0.5, 0.6) is 5.75 Å². The van der Waals surface area contributed by atoms with Crippen molar-refractivity contribution in [2.75, 3.05) is 38.2 Å². The van der Waals surface area contributed by atoms with Gasteiger partial charge in [-0.05, 0) is 57.4 Å². The van der Waals surface area contributed by atoms with E-state index in [-0.39, 0.29) is 11.8 Å². The zero-order valence-corrected chi connectivity index (χ0v) is 18.5. The third kappa shape index (κ3) is 7.15. The Kier molecular flexibility index (Phi) is 7.76. The maximum Gasteiger partial charge on any atom is 0.408 e. The molecule has 1 aromatic rings. The monoisotopic (exact) mass is 405 g/mol. The first kappa shape index (κ1) is 22.8. The molecule has 1 unspecified atom stereocenters. The number of nitrogens with one attached hydrogen (secondary N) is 1. The Hall–Kier alpha value is -2.44. The summed E-state index contributed by atoms with van der Waals surface area (Å²) in [7, 11) is 1.65. The predicted octanol–water partition coefficient (Wildman–Crippen LogP) is 3.28. The SMILES string of the molecule is COc1ccc(N2CCN(C(=O)C(CC(C)C)NC(=O)OC(C)(C)C)CC2)cc1. The van der Waals surface area contributed by atoms with E-state index in [1.165, 1.54) is 0 Å². The number of amides is 2. The van der Waals surface area contributed by atoms with Crippen LogP contribution in [0.1, 0.15) is 41.0 Å². The molecule has 1 heterocycles. The van der Waals surface area contributed by atoms with Gasteiger partial charge in [0.1, 0.15) is 17.4 Å². The number of piperazine rings is 1. The lowest BCUT2D eigenvalue weighted by molar-refractivity contribution is -0.134. The molecule has 1 saturated heterocycles. The number of nitrogens with zero attached hydrogens (tertiary/aromatic N) is 2. The lowest BCUT2D eigenvalue weighted by Gasteiger charge is -2.38. The van der Waals surface area contributed by atoms with Crippen LogP contribution in [0, 0.1) is 5.92 Å². The van der Waals surface area contributed by atoms with Crippen LogP contribution in [0.25, 0.3) is 0 Å². The maximum absolute atomic E-state index is 13.1. The number of anilines is 1. The standard InChI is InChI=1S/C22H35N3O4/c1-16(2)15-19(23-21(27)29-22(3,4)5)20(26)25-13-11-24(12-14-25)17-7-9-18(28-6)10-8-17/h7-10,16,19H,11-15H2,1-6H3,(H,23,27). The largest absolute Gasteiger partial charge is 0.497 e. The van der Waals surface area contributed by atoms with Crippen molar-refractivity contribution < 1.29 is 19.1 Å². The van der Waals surface area contributed by atoms with Crippen LogP contribution in [0.2, 0.25) is 0 Å². The third-order valence-corrected chi connectivity index (χ3v) is 4.73. The van der Waals surface area contributed by atoms with Gasteiger partial charge in [0.2, 0.25) is 5.91 Å². The molecule has 1 aromatic carbocycles. The Morgan fingerprint density at radius 1 is 1.07 bits per heavy atom. The van der Waals surface area contributed by atoms with E-state index in [0.717, 1.165) is 24.5 Å². The highest BCUT2D eigenvalue weighted by molar-refractivity contribution is 5.86. The van der Waals surface area contributed by atoms with Crippen molar-refractivity contribution in [3.63, 3.8) is 0 Å². The number of carbonyl (C=O) groups is 2. The second-order valence-electron chi connectivity index (χ2n) is 8.84. The second kappa shape index (κ2) is 9.85. The summed E-state index contributed by atoms with van der Waals surface area (Å²) >= 11 is 0. The Labute approximate surface area is 174 Å². The fourth-order valence-corrected chi connectivity index (χ4v) is 3.34. The van der Waals surface area contributed by atoms with Crippen molar-refractivity contribution in [1.29, 1.82) is 0 Å². The molecule has 1 fully saturated rings. The van der Waals surface area contributed by atoms with Crippen molar-refractivity contribution in [3.05, 3.63) is 24.3 Å². The number of methoxy groups -OCH3 is 1. The predicted molar refractivity (Wildman–Crippen MR) is 114 cm³/mol. The van der Waals surface area contributed by atoms with Gasteiger partial charge in [-0.15, -0.1) is 0 Å². The Morgan fingerprint density at radius 3 is 2.14 bits per heavy atom. The highest BCUT2D eigenvalue weighted by Gasteiger charge is 2.30. The highest BCUT2D eigenvalue weighted by atomic mass is 16.6. The summed E-state index contributed by atoms with van der Waals surface area (Å²) in [5, 5.41) is 2.78. The molecule has 162 valence electrons. The molecule has 7 nitrogen and oxygen atoms in total. The van der Waals surface area contributed by atoms with Crippen LogP contribution >= 0.6 is 0 Å². The van der Waals surface area contributed by atoms with E-state index < -0.39 is 17.7 Å². The maximum atomic E-state index is 13.1. The first-order chi connectivity index (χ1) is 13.6. The minimum atomic E-state index is -0.598. The summed E-state index contributed by atoms with van der Waals surface area (Å²) in [6.45, 7) is 12.2. The summed E-state index contributed by atoms with van der Waals surface area (Å²) in [4.78, 5) is 29.4. The summed E-state index contributed by atoms with van der Waals surface area (Å²) in [5.41, 5.74) is 0.517. The quantitative estimate of drug-likeness (QED) is 0.786. The van der Waals surface area contributed by atoms with E-state index in [1.54, 1.807) is 7.11 Å².